The van der Waals surface area contributed by atoms with Crippen molar-refractivity contribution < 1.29 is 23.9 Å². The average Bonchev–Trinajstić information content (AvgIpc) is 2.89. The number of hydrogen-bond acceptors (Lipinski definition) is 7. The highest BCUT2D eigenvalue weighted by Gasteiger charge is 2.33. The lowest BCUT2D eigenvalue weighted by Gasteiger charge is -2.24. The van der Waals surface area contributed by atoms with Gasteiger partial charge in [-0.15, -0.1) is 0 Å². The minimum Gasteiger partial charge on any atom is -0.462 e. The normalized spacial score (nSPS) is 17.3. The summed E-state index contributed by atoms with van der Waals surface area (Å²) in [4.78, 5) is 42.5. The van der Waals surface area contributed by atoms with Crippen LogP contribution in [0.3, 0.4) is 0 Å². The molecule has 0 saturated heterocycles. The number of fused-ring (bicyclic) bond motifs is 2. The van der Waals surface area contributed by atoms with Crippen molar-refractivity contribution in [3.05, 3.63) is 70.9 Å². The third-order valence-electron chi connectivity index (χ3n) is 4.98. The Hall–Kier alpha value is -3.94. The molecule has 0 radical (unpaired) electrons. The zero-order chi connectivity index (χ0) is 22.0. The summed E-state index contributed by atoms with van der Waals surface area (Å²) in [6.45, 7) is 3.56. The predicted octanol–water partition coefficient (Wildman–Crippen LogP) is 2.88. The van der Waals surface area contributed by atoms with E-state index in [1.54, 1.807) is 50.2 Å². The number of rotatable bonds is 3. The van der Waals surface area contributed by atoms with Crippen molar-refractivity contribution in [2.75, 3.05) is 11.9 Å². The number of anilines is 1. The molecule has 8 nitrogen and oxygen atoms in total. The monoisotopic (exact) mass is 419 g/mol. The molecule has 0 bridgehead atoms. The van der Waals surface area contributed by atoms with Crippen molar-refractivity contribution in [2.45, 2.75) is 26.4 Å². The van der Waals surface area contributed by atoms with Gasteiger partial charge in [0.15, 0.2) is 6.10 Å². The van der Waals surface area contributed by atoms with Gasteiger partial charge < -0.3 is 20.1 Å². The highest BCUT2D eigenvalue weighted by molar-refractivity contribution is 6.24. The van der Waals surface area contributed by atoms with E-state index in [-0.39, 0.29) is 24.4 Å². The first-order chi connectivity index (χ1) is 15.0. The number of amides is 1. The Labute approximate surface area is 179 Å². The smallest absolute Gasteiger partial charge is 0.343 e. The largest absolute Gasteiger partial charge is 0.462 e. The van der Waals surface area contributed by atoms with Gasteiger partial charge in [0, 0.05) is 12.1 Å². The van der Waals surface area contributed by atoms with Crippen molar-refractivity contribution in [2.24, 2.45) is 4.99 Å². The molecule has 8 heteroatoms. The highest BCUT2D eigenvalue weighted by atomic mass is 16.5. The van der Waals surface area contributed by atoms with E-state index in [0.29, 0.717) is 22.6 Å². The van der Waals surface area contributed by atoms with Gasteiger partial charge in [0.05, 0.1) is 23.5 Å². The number of esters is 2. The van der Waals surface area contributed by atoms with E-state index in [9.17, 15) is 14.4 Å². The topological polar surface area (TPSA) is 106 Å². The number of carbonyl (C=O) groups is 3. The number of para-hydroxylation sites is 2. The number of allylic oxidation sites excluding steroid dienone is 1. The lowest BCUT2D eigenvalue weighted by Crippen LogP contribution is -2.45. The molecule has 0 fully saturated rings. The summed E-state index contributed by atoms with van der Waals surface area (Å²) < 4.78 is 10.5. The molecular formula is C23H21N3O5. The number of aliphatic imine (C=N–C) groups is 1. The van der Waals surface area contributed by atoms with Crippen molar-refractivity contribution in [3.8, 4) is 0 Å². The molecule has 2 aromatic carbocycles. The van der Waals surface area contributed by atoms with E-state index < -0.39 is 23.9 Å². The quantitative estimate of drug-likeness (QED) is 0.741. The molecule has 2 N–H and O–H groups in total. The zero-order valence-corrected chi connectivity index (χ0v) is 17.1. The lowest BCUT2D eigenvalue weighted by atomic mass is 9.98. The number of hydrogen-bond donors (Lipinski definition) is 2. The van der Waals surface area contributed by atoms with Gasteiger partial charge in [-0.3, -0.25) is 4.79 Å². The Balaban J connectivity index is 1.66. The van der Waals surface area contributed by atoms with E-state index in [4.69, 9.17) is 9.47 Å². The lowest BCUT2D eigenvalue weighted by molar-refractivity contribution is -0.137. The van der Waals surface area contributed by atoms with Crippen LogP contribution in [0.2, 0.25) is 0 Å². The second-order valence-corrected chi connectivity index (χ2v) is 7.07. The van der Waals surface area contributed by atoms with Crippen LogP contribution in [0.5, 0.6) is 0 Å². The van der Waals surface area contributed by atoms with Crippen molar-refractivity contribution in [1.82, 2.24) is 5.32 Å². The molecule has 2 aliphatic rings. The van der Waals surface area contributed by atoms with Crippen LogP contribution in [0.15, 0.2) is 64.8 Å². The molecule has 0 saturated carbocycles. The first-order valence-electron chi connectivity index (χ1n) is 9.90. The Kier molecular flexibility index (Phi) is 5.53. The van der Waals surface area contributed by atoms with Gasteiger partial charge in [-0.25, -0.2) is 14.6 Å². The Morgan fingerprint density at radius 1 is 1.19 bits per heavy atom. The summed E-state index contributed by atoms with van der Waals surface area (Å²) in [5.41, 5.74) is 2.99. The standard InChI is InChI=1S/C23H21N3O5/c1-3-30-23(29)19-13(2)24-16-10-6-7-11-17(16)25-20(19)26-21(27)18-12-14-8-4-5-9-15(14)22(28)31-18/h4-11,18,24H,3,12H2,1-2H3,(H,25,26,27). The van der Waals surface area contributed by atoms with Crippen molar-refractivity contribution >= 4 is 35.1 Å². The average molecular weight is 419 g/mol. The predicted molar refractivity (Wildman–Crippen MR) is 114 cm³/mol. The first-order valence-corrected chi connectivity index (χ1v) is 9.90. The summed E-state index contributed by atoms with van der Waals surface area (Å²) in [6, 6.07) is 14.2. The molecule has 2 aliphatic heterocycles. The third-order valence-corrected chi connectivity index (χ3v) is 4.98. The van der Waals surface area contributed by atoms with Crippen LogP contribution in [-0.4, -0.2) is 36.4 Å². The Morgan fingerprint density at radius 3 is 2.74 bits per heavy atom. The molecular weight excluding hydrogens is 398 g/mol. The second kappa shape index (κ2) is 8.43. The highest BCUT2D eigenvalue weighted by Crippen LogP contribution is 2.30. The number of amidine groups is 1. The van der Waals surface area contributed by atoms with E-state index >= 15 is 0 Å². The molecule has 0 aliphatic carbocycles. The van der Waals surface area contributed by atoms with E-state index in [1.807, 2.05) is 12.1 Å². The number of benzene rings is 2. The van der Waals surface area contributed by atoms with Gasteiger partial charge in [-0.05, 0) is 37.6 Å². The van der Waals surface area contributed by atoms with Gasteiger partial charge in [-0.2, -0.15) is 0 Å². The summed E-state index contributed by atoms with van der Waals surface area (Å²) in [5.74, 6) is -1.72. The maximum absolute atomic E-state index is 13.0. The van der Waals surface area contributed by atoms with Gasteiger partial charge in [0.25, 0.3) is 5.91 Å². The number of carbonyl (C=O) groups excluding carboxylic acids is 3. The minimum absolute atomic E-state index is 0.0355. The Bertz CT molecular complexity index is 1140. The van der Waals surface area contributed by atoms with Crippen LogP contribution in [0.4, 0.5) is 11.4 Å². The number of cyclic esters (lactones) is 1. The fourth-order valence-corrected chi connectivity index (χ4v) is 3.51. The van der Waals surface area contributed by atoms with Crippen LogP contribution in [0.1, 0.15) is 29.8 Å². The molecule has 1 amide bonds. The number of ether oxygens (including phenoxy) is 2. The van der Waals surface area contributed by atoms with Crippen LogP contribution in [0.25, 0.3) is 0 Å². The molecule has 2 aromatic rings. The Morgan fingerprint density at radius 2 is 1.94 bits per heavy atom. The molecule has 2 heterocycles. The van der Waals surface area contributed by atoms with Crippen LogP contribution in [0, 0.1) is 0 Å². The minimum atomic E-state index is -1.04. The zero-order valence-electron chi connectivity index (χ0n) is 17.1. The molecule has 0 aromatic heterocycles. The van der Waals surface area contributed by atoms with E-state index in [0.717, 1.165) is 5.56 Å². The van der Waals surface area contributed by atoms with Crippen molar-refractivity contribution in [3.63, 3.8) is 0 Å². The summed E-state index contributed by atoms with van der Waals surface area (Å²) >= 11 is 0. The van der Waals surface area contributed by atoms with Gasteiger partial charge >= 0.3 is 11.9 Å². The molecule has 1 unspecified atom stereocenters. The summed E-state index contributed by atoms with van der Waals surface area (Å²) in [6.07, 6.45) is -0.812. The van der Waals surface area contributed by atoms with E-state index in [2.05, 4.69) is 15.6 Å². The van der Waals surface area contributed by atoms with Gasteiger partial charge in [-0.1, -0.05) is 30.3 Å². The van der Waals surface area contributed by atoms with E-state index in [1.165, 1.54) is 0 Å². The van der Waals surface area contributed by atoms with Gasteiger partial charge in [0.2, 0.25) is 0 Å². The fourth-order valence-electron chi connectivity index (χ4n) is 3.51. The van der Waals surface area contributed by atoms with Crippen LogP contribution < -0.4 is 10.6 Å². The molecule has 1 atom stereocenters. The first kappa shape index (κ1) is 20.3. The van der Waals surface area contributed by atoms with Gasteiger partial charge in [0.1, 0.15) is 11.4 Å². The molecule has 158 valence electrons. The van der Waals surface area contributed by atoms with Crippen LogP contribution in [-0.2, 0) is 25.5 Å². The maximum atomic E-state index is 13.0. The molecule has 0 spiro atoms. The number of nitrogens with zero attached hydrogens (tertiary/aromatic N) is 1. The molecule has 31 heavy (non-hydrogen) atoms. The fraction of sp³-hybridized carbons (Fsp3) is 0.217. The maximum Gasteiger partial charge on any atom is 0.343 e. The second-order valence-electron chi connectivity index (χ2n) is 7.07. The summed E-state index contributed by atoms with van der Waals surface area (Å²) in [7, 11) is 0. The third kappa shape index (κ3) is 4.05. The summed E-state index contributed by atoms with van der Waals surface area (Å²) in [5, 5.41) is 5.82. The van der Waals surface area contributed by atoms with Crippen LogP contribution >= 0.6 is 0 Å². The van der Waals surface area contributed by atoms with Crippen molar-refractivity contribution in [1.29, 1.82) is 0 Å². The molecule has 4 rings (SSSR count). The SMILES string of the molecule is CCOC(=O)C1=C(C)Nc2ccccc2N=C1NC(=O)C1Cc2ccccc2C(=O)O1. The number of nitrogens with one attached hydrogen (secondary N) is 2.